The molecule has 0 aromatic heterocycles. The van der Waals surface area contributed by atoms with E-state index in [2.05, 4.69) is 4.74 Å². The van der Waals surface area contributed by atoms with Crippen molar-refractivity contribution in [3.63, 3.8) is 0 Å². The van der Waals surface area contributed by atoms with Gasteiger partial charge in [-0.1, -0.05) is 66.7 Å². The first-order chi connectivity index (χ1) is 23.7. The Bertz CT molecular complexity index is 1760. The van der Waals surface area contributed by atoms with Crippen LogP contribution in [-0.2, 0) is 26.3 Å². The van der Waals surface area contributed by atoms with Gasteiger partial charge >= 0.3 is 23.9 Å². The smallest absolute Gasteiger partial charge is 0.442 e. The normalized spacial score (nSPS) is 16.4. The third kappa shape index (κ3) is 7.29. The van der Waals surface area contributed by atoms with Crippen LogP contribution in [0.3, 0.4) is 0 Å². The molecular weight excluding hydrogens is 664 g/mol. The second kappa shape index (κ2) is 14.5. The lowest BCUT2D eigenvalue weighted by molar-refractivity contribution is -0.378. The first-order valence-corrected chi connectivity index (χ1v) is 15.9. The molecule has 0 fully saturated rings. The van der Waals surface area contributed by atoms with E-state index in [-0.39, 0.29) is 36.2 Å². The van der Waals surface area contributed by atoms with Crippen LogP contribution < -0.4 is 14.4 Å². The molecule has 1 heterocycles. The highest BCUT2D eigenvalue weighted by atomic mass is 19.4. The second-order valence-electron chi connectivity index (χ2n) is 12.1. The fraction of sp³-hybridized carbons (Fsp3) is 0.316. The van der Waals surface area contributed by atoms with E-state index in [1.165, 1.54) is 43.2 Å². The van der Waals surface area contributed by atoms with E-state index in [1.807, 2.05) is 0 Å². The van der Waals surface area contributed by atoms with Crippen molar-refractivity contribution in [1.82, 2.24) is 0 Å². The number of benzene rings is 4. The van der Waals surface area contributed by atoms with Crippen molar-refractivity contribution in [2.24, 2.45) is 0 Å². The molecule has 5 rings (SSSR count). The van der Waals surface area contributed by atoms with Crippen LogP contribution in [-0.4, -0.2) is 44.0 Å². The third-order valence-corrected chi connectivity index (χ3v) is 8.90. The number of methoxy groups -OCH3 is 1. The first kappa shape index (κ1) is 36.3. The van der Waals surface area contributed by atoms with Crippen LogP contribution in [0.25, 0.3) is 0 Å². The predicted octanol–water partition coefficient (Wildman–Crippen LogP) is 8.89. The lowest BCUT2D eigenvalue weighted by atomic mass is 9.88. The number of carbonyl (C=O) groups excluding carboxylic acids is 2. The van der Waals surface area contributed by atoms with Crippen LogP contribution in [0, 0.1) is 0 Å². The Morgan fingerprint density at radius 2 is 1.28 bits per heavy atom. The summed E-state index contributed by atoms with van der Waals surface area (Å²) in [6, 6.07) is 25.3. The molecule has 4 aromatic rings. The molecule has 6 nitrogen and oxygen atoms in total. The Balaban J connectivity index is 1.58. The standard InChI is InChI=1S/C38H35F6NO5/c1-24(26-10-6-4-7-11-26)34(46)45-23-32(49-31-19-17-30(48-3)18-20-31)16-14-28-22-29(15-21-33(28)45)36(37(39,40)41,38(42,43)44)50-35(47)25(2)27-12-8-5-9-13-27/h4-13,15,17-22,24-25,32H,14,16,23H2,1-3H3. The summed E-state index contributed by atoms with van der Waals surface area (Å²) in [5.41, 5.74) is -5.32. The Kier molecular flexibility index (Phi) is 10.5. The number of ether oxygens (including phenoxy) is 3. The molecule has 1 aliphatic heterocycles. The lowest BCUT2D eigenvalue weighted by Gasteiger charge is -2.38. The van der Waals surface area contributed by atoms with Gasteiger partial charge in [0.25, 0.3) is 0 Å². The number of amides is 1. The van der Waals surface area contributed by atoms with E-state index >= 15 is 0 Å². The molecule has 1 aliphatic rings. The van der Waals surface area contributed by atoms with Crippen LogP contribution in [0.2, 0.25) is 0 Å². The molecule has 1 amide bonds. The fourth-order valence-electron chi connectivity index (χ4n) is 6.03. The Morgan fingerprint density at radius 1 is 0.740 bits per heavy atom. The zero-order chi connectivity index (χ0) is 36.3. The fourth-order valence-corrected chi connectivity index (χ4v) is 6.03. The zero-order valence-corrected chi connectivity index (χ0v) is 27.4. The number of nitrogens with zero attached hydrogens (tertiary/aromatic N) is 1. The minimum Gasteiger partial charge on any atom is -0.497 e. The highest BCUT2D eigenvalue weighted by molar-refractivity contribution is 5.98. The summed E-state index contributed by atoms with van der Waals surface area (Å²) in [5.74, 6) is -3.29. The number of rotatable bonds is 9. The highest BCUT2D eigenvalue weighted by Gasteiger charge is 2.75. The third-order valence-electron chi connectivity index (χ3n) is 8.90. The van der Waals surface area contributed by atoms with Gasteiger partial charge in [-0.15, -0.1) is 0 Å². The van der Waals surface area contributed by atoms with Gasteiger partial charge in [-0.3, -0.25) is 9.59 Å². The topological polar surface area (TPSA) is 65.1 Å². The molecule has 0 bridgehead atoms. The van der Waals surface area contributed by atoms with E-state index in [0.29, 0.717) is 23.1 Å². The molecular formula is C38H35F6NO5. The summed E-state index contributed by atoms with van der Waals surface area (Å²) in [6.07, 6.45) is -12.8. The molecule has 264 valence electrons. The maximum absolute atomic E-state index is 14.9. The number of fused-ring (bicyclic) bond motifs is 1. The Hall–Kier alpha value is -5.00. The molecule has 0 saturated heterocycles. The van der Waals surface area contributed by atoms with Crippen LogP contribution in [0.15, 0.2) is 103 Å². The van der Waals surface area contributed by atoms with Gasteiger partial charge in [0, 0.05) is 11.3 Å². The van der Waals surface area contributed by atoms with E-state index in [4.69, 9.17) is 9.47 Å². The van der Waals surface area contributed by atoms with Crippen molar-refractivity contribution < 1.29 is 50.1 Å². The molecule has 4 aromatic carbocycles. The maximum atomic E-state index is 14.9. The Labute approximate surface area is 285 Å². The molecule has 0 N–H and O–H groups in total. The number of hydrogen-bond donors (Lipinski definition) is 0. The molecule has 0 saturated carbocycles. The summed E-state index contributed by atoms with van der Waals surface area (Å²) in [5, 5.41) is 0. The molecule has 3 unspecified atom stereocenters. The molecule has 0 radical (unpaired) electrons. The van der Waals surface area contributed by atoms with Gasteiger partial charge in [0.15, 0.2) is 0 Å². The number of alkyl halides is 6. The van der Waals surface area contributed by atoms with E-state index in [1.54, 1.807) is 67.6 Å². The molecule has 0 aliphatic carbocycles. The van der Waals surface area contributed by atoms with Crippen molar-refractivity contribution in [3.05, 3.63) is 125 Å². The Morgan fingerprint density at radius 3 is 1.82 bits per heavy atom. The number of halogens is 6. The number of anilines is 1. The van der Waals surface area contributed by atoms with Gasteiger partial charge in [-0.25, -0.2) is 0 Å². The van der Waals surface area contributed by atoms with Gasteiger partial charge < -0.3 is 19.1 Å². The van der Waals surface area contributed by atoms with Crippen LogP contribution in [0.4, 0.5) is 32.0 Å². The summed E-state index contributed by atoms with van der Waals surface area (Å²) in [6.45, 7) is 2.80. The summed E-state index contributed by atoms with van der Waals surface area (Å²) >= 11 is 0. The van der Waals surface area contributed by atoms with Crippen molar-refractivity contribution >= 4 is 17.6 Å². The molecule has 3 atom stereocenters. The van der Waals surface area contributed by atoms with Gasteiger partial charge in [0.05, 0.1) is 25.5 Å². The largest absolute Gasteiger partial charge is 0.497 e. The molecule has 12 heteroatoms. The van der Waals surface area contributed by atoms with Gasteiger partial charge in [-0.2, -0.15) is 26.3 Å². The molecule has 50 heavy (non-hydrogen) atoms. The maximum Gasteiger partial charge on any atom is 0.442 e. The van der Waals surface area contributed by atoms with E-state index in [0.717, 1.165) is 12.1 Å². The SMILES string of the molecule is COc1ccc(OC2CCc3cc(C(OC(=O)C(C)c4ccccc4)(C(F)(F)F)C(F)(F)F)ccc3N(C(=O)C(C)c3ccccc3)C2)cc1. The van der Waals surface area contributed by atoms with E-state index < -0.39 is 53.3 Å². The van der Waals surface area contributed by atoms with Crippen molar-refractivity contribution in [1.29, 1.82) is 0 Å². The predicted molar refractivity (Wildman–Crippen MR) is 174 cm³/mol. The van der Waals surface area contributed by atoms with Crippen molar-refractivity contribution in [3.8, 4) is 11.5 Å². The number of aryl methyl sites for hydroxylation is 1. The van der Waals surface area contributed by atoms with Crippen LogP contribution >= 0.6 is 0 Å². The highest BCUT2D eigenvalue weighted by Crippen LogP contribution is 2.54. The summed E-state index contributed by atoms with van der Waals surface area (Å²) < 4.78 is 105. The van der Waals surface area contributed by atoms with Crippen molar-refractivity contribution in [2.75, 3.05) is 18.6 Å². The minimum absolute atomic E-state index is 0.0296. The zero-order valence-electron chi connectivity index (χ0n) is 27.4. The quantitative estimate of drug-likeness (QED) is 0.129. The van der Waals surface area contributed by atoms with Crippen LogP contribution in [0.5, 0.6) is 11.5 Å². The minimum atomic E-state index is -6.10. The number of hydrogen-bond acceptors (Lipinski definition) is 5. The second-order valence-corrected chi connectivity index (χ2v) is 12.1. The summed E-state index contributed by atoms with van der Waals surface area (Å²) in [4.78, 5) is 28.5. The van der Waals surface area contributed by atoms with Crippen LogP contribution in [0.1, 0.15) is 54.4 Å². The average molecular weight is 700 g/mol. The lowest BCUT2D eigenvalue weighted by Crippen LogP contribution is -2.57. The number of carbonyl (C=O) groups is 2. The monoisotopic (exact) mass is 699 g/mol. The summed E-state index contributed by atoms with van der Waals surface area (Å²) in [7, 11) is 1.50. The van der Waals surface area contributed by atoms with Gasteiger partial charge in [0.1, 0.15) is 17.6 Å². The average Bonchev–Trinajstić information content (AvgIpc) is 3.28. The van der Waals surface area contributed by atoms with Gasteiger partial charge in [0.2, 0.25) is 5.91 Å². The first-order valence-electron chi connectivity index (χ1n) is 15.9. The number of esters is 1. The van der Waals surface area contributed by atoms with Crippen molar-refractivity contribution in [2.45, 2.75) is 62.6 Å². The molecule has 0 spiro atoms. The van der Waals surface area contributed by atoms with E-state index in [9.17, 15) is 35.9 Å². The van der Waals surface area contributed by atoms with Gasteiger partial charge in [-0.05, 0) is 79.8 Å².